The molecule has 2 N–H and O–H groups in total. The molecule has 3 heteroatoms. The molecule has 1 nitrogen and oxygen atoms in total. The second-order valence-corrected chi connectivity index (χ2v) is 2.26. The minimum atomic E-state index is -0.395. The highest BCUT2D eigenvalue weighted by molar-refractivity contribution is 6.17. The molecule has 0 amide bonds. The van der Waals surface area contributed by atoms with Crippen LogP contribution in [0.5, 0.6) is 0 Å². The van der Waals surface area contributed by atoms with Crippen molar-refractivity contribution in [2.75, 3.05) is 5.73 Å². The maximum atomic E-state index is 12.5. The molecule has 0 heterocycles. The molecule has 0 saturated heterocycles. The fourth-order valence-electron chi connectivity index (χ4n) is 0.676. The largest absolute Gasteiger partial charge is 0.396 e. The Bertz CT molecular complexity index is 237. The second-order valence-electron chi connectivity index (χ2n) is 1.99. The molecule has 1 rings (SSSR count). The third-order valence-electron chi connectivity index (χ3n) is 1.21. The van der Waals surface area contributed by atoms with Crippen molar-refractivity contribution in [2.24, 2.45) is 0 Å². The van der Waals surface area contributed by atoms with Crippen LogP contribution in [0.4, 0.5) is 10.1 Å². The molecule has 0 spiro atoms. The van der Waals surface area contributed by atoms with Crippen LogP contribution in [0.2, 0.25) is 0 Å². The molecule has 0 radical (unpaired) electrons. The van der Waals surface area contributed by atoms with Gasteiger partial charge in [-0.25, -0.2) is 4.39 Å². The van der Waals surface area contributed by atoms with Gasteiger partial charge in [-0.3, -0.25) is 0 Å². The fourth-order valence-corrected chi connectivity index (χ4v) is 0.843. The summed E-state index contributed by atoms with van der Waals surface area (Å²) in [6.45, 7) is 0. The zero-order valence-corrected chi connectivity index (χ0v) is 6.03. The Morgan fingerprint density at radius 2 is 2.20 bits per heavy atom. The summed E-state index contributed by atoms with van der Waals surface area (Å²) in [7, 11) is 0. The van der Waals surface area contributed by atoms with Crippen molar-refractivity contribution in [2.45, 2.75) is 5.88 Å². The van der Waals surface area contributed by atoms with E-state index in [9.17, 15) is 4.39 Å². The van der Waals surface area contributed by atoms with Crippen molar-refractivity contribution in [3.8, 4) is 0 Å². The molecule has 0 unspecified atom stereocenters. The van der Waals surface area contributed by atoms with Gasteiger partial charge in [0.1, 0.15) is 5.82 Å². The highest BCUT2D eigenvalue weighted by Gasteiger charge is 1.96. The van der Waals surface area contributed by atoms with Gasteiger partial charge < -0.3 is 5.73 Å². The Hall–Kier alpha value is -0.760. The van der Waals surface area contributed by atoms with Crippen molar-refractivity contribution in [3.05, 3.63) is 29.6 Å². The monoisotopic (exact) mass is 159 g/mol. The molecule has 0 aromatic heterocycles. The van der Waals surface area contributed by atoms with Gasteiger partial charge >= 0.3 is 0 Å². The van der Waals surface area contributed by atoms with Gasteiger partial charge in [-0.05, 0) is 17.7 Å². The van der Waals surface area contributed by atoms with E-state index in [4.69, 9.17) is 17.3 Å². The van der Waals surface area contributed by atoms with E-state index in [2.05, 4.69) is 0 Å². The van der Waals surface area contributed by atoms with E-state index in [1.54, 1.807) is 6.07 Å². The topological polar surface area (TPSA) is 26.0 Å². The number of hydrogen-bond acceptors (Lipinski definition) is 1. The van der Waals surface area contributed by atoms with E-state index in [0.29, 0.717) is 5.88 Å². The Morgan fingerprint density at radius 3 is 2.70 bits per heavy atom. The van der Waals surface area contributed by atoms with Gasteiger partial charge in [-0.15, -0.1) is 11.6 Å². The smallest absolute Gasteiger partial charge is 0.146 e. The number of nitrogen functional groups attached to an aromatic ring is 1. The Morgan fingerprint density at radius 1 is 1.50 bits per heavy atom. The van der Waals surface area contributed by atoms with E-state index < -0.39 is 5.82 Å². The van der Waals surface area contributed by atoms with Crippen molar-refractivity contribution in [1.82, 2.24) is 0 Å². The normalized spacial score (nSPS) is 9.80. The Balaban J connectivity index is 3.04. The van der Waals surface area contributed by atoms with Crippen LogP contribution in [-0.2, 0) is 5.88 Å². The third kappa shape index (κ3) is 1.39. The minimum absolute atomic E-state index is 0.151. The van der Waals surface area contributed by atoms with Crippen LogP contribution in [0.3, 0.4) is 0 Å². The highest BCUT2D eigenvalue weighted by atomic mass is 35.5. The van der Waals surface area contributed by atoms with Gasteiger partial charge in [0.15, 0.2) is 0 Å². The summed E-state index contributed by atoms with van der Waals surface area (Å²) in [6, 6.07) is 4.45. The van der Waals surface area contributed by atoms with Crippen LogP contribution < -0.4 is 5.73 Å². The molecular formula is C7H7ClFN. The summed E-state index contributed by atoms with van der Waals surface area (Å²) >= 11 is 5.47. The van der Waals surface area contributed by atoms with Crippen molar-refractivity contribution < 1.29 is 4.39 Å². The Labute approximate surface area is 63.6 Å². The molecule has 0 fully saturated rings. The molecule has 0 saturated carbocycles. The molecule has 0 aliphatic carbocycles. The maximum Gasteiger partial charge on any atom is 0.146 e. The summed E-state index contributed by atoms with van der Waals surface area (Å²) in [5.41, 5.74) is 6.25. The molecular weight excluding hydrogens is 153 g/mol. The van der Waals surface area contributed by atoms with Gasteiger partial charge in [0.05, 0.1) is 5.69 Å². The van der Waals surface area contributed by atoms with Gasteiger partial charge in [0, 0.05) is 5.88 Å². The summed E-state index contributed by atoms with van der Waals surface area (Å²) in [6.07, 6.45) is 0. The molecule has 1 aromatic rings. The third-order valence-corrected chi connectivity index (χ3v) is 1.52. The molecule has 1 aromatic carbocycles. The van der Waals surface area contributed by atoms with Crippen LogP contribution in [-0.4, -0.2) is 0 Å². The molecule has 0 aliphatic rings. The summed E-state index contributed by atoms with van der Waals surface area (Å²) in [5.74, 6) is -0.0290. The van der Waals surface area contributed by atoms with Crippen LogP contribution >= 0.6 is 11.6 Å². The second kappa shape index (κ2) is 2.88. The quantitative estimate of drug-likeness (QED) is 0.493. The van der Waals surface area contributed by atoms with Gasteiger partial charge in [0.2, 0.25) is 0 Å². The average molecular weight is 160 g/mol. The Kier molecular flexibility index (Phi) is 2.12. The van der Waals surface area contributed by atoms with Crippen molar-refractivity contribution in [3.63, 3.8) is 0 Å². The summed E-state index contributed by atoms with van der Waals surface area (Å²) in [5, 5.41) is 0. The standard InChI is InChI=1S/C7H7ClFN/c8-4-5-1-2-6(9)7(10)3-5/h1-3H,4,10H2. The predicted molar refractivity (Wildman–Crippen MR) is 40.4 cm³/mol. The summed E-state index contributed by atoms with van der Waals surface area (Å²) < 4.78 is 12.5. The number of hydrogen-bond donors (Lipinski definition) is 1. The molecule has 0 aliphatic heterocycles. The van der Waals surface area contributed by atoms with Gasteiger partial charge in [-0.2, -0.15) is 0 Å². The van der Waals surface area contributed by atoms with Crippen molar-refractivity contribution in [1.29, 1.82) is 0 Å². The first-order valence-electron chi connectivity index (χ1n) is 2.84. The number of anilines is 1. The maximum absolute atomic E-state index is 12.5. The van der Waals surface area contributed by atoms with Crippen LogP contribution in [0.15, 0.2) is 18.2 Å². The van der Waals surface area contributed by atoms with E-state index >= 15 is 0 Å². The van der Waals surface area contributed by atoms with Crippen LogP contribution in [0.1, 0.15) is 5.56 Å². The van der Waals surface area contributed by atoms with Crippen LogP contribution in [0.25, 0.3) is 0 Å². The SMILES string of the molecule is Nc1cc(CCl)ccc1F. The lowest BCUT2D eigenvalue weighted by atomic mass is 10.2. The molecule has 54 valence electrons. The van der Waals surface area contributed by atoms with E-state index in [1.807, 2.05) is 0 Å². The van der Waals surface area contributed by atoms with Gasteiger partial charge in [0.25, 0.3) is 0 Å². The number of halogens is 2. The molecule has 0 bridgehead atoms. The minimum Gasteiger partial charge on any atom is -0.396 e. The van der Waals surface area contributed by atoms with Gasteiger partial charge in [-0.1, -0.05) is 6.07 Å². The lowest BCUT2D eigenvalue weighted by molar-refractivity contribution is 0.632. The first-order valence-corrected chi connectivity index (χ1v) is 3.37. The van der Waals surface area contributed by atoms with E-state index in [-0.39, 0.29) is 5.69 Å². The van der Waals surface area contributed by atoms with Crippen molar-refractivity contribution >= 4 is 17.3 Å². The first-order chi connectivity index (χ1) is 4.74. The number of benzene rings is 1. The summed E-state index contributed by atoms with van der Waals surface area (Å²) in [4.78, 5) is 0. The molecule has 10 heavy (non-hydrogen) atoms. The number of nitrogens with two attached hydrogens (primary N) is 1. The molecule has 0 atom stereocenters. The lowest BCUT2D eigenvalue weighted by Crippen LogP contribution is -1.91. The van der Waals surface area contributed by atoms with E-state index in [1.165, 1.54) is 12.1 Å². The average Bonchev–Trinajstić information content (AvgIpc) is 1.95. The number of rotatable bonds is 1. The highest BCUT2D eigenvalue weighted by Crippen LogP contribution is 2.13. The van der Waals surface area contributed by atoms with Crippen LogP contribution in [0, 0.1) is 5.82 Å². The zero-order chi connectivity index (χ0) is 7.56. The predicted octanol–water partition coefficient (Wildman–Crippen LogP) is 2.15. The zero-order valence-electron chi connectivity index (χ0n) is 5.27. The lowest BCUT2D eigenvalue weighted by Gasteiger charge is -1.97. The first kappa shape index (κ1) is 7.35. The van der Waals surface area contributed by atoms with E-state index in [0.717, 1.165) is 5.56 Å². The number of alkyl halides is 1. The fraction of sp³-hybridized carbons (Fsp3) is 0.143.